The summed E-state index contributed by atoms with van der Waals surface area (Å²) in [6, 6.07) is 0. The highest BCUT2D eigenvalue weighted by Crippen LogP contribution is 2.55. The first-order valence-corrected chi connectivity index (χ1v) is 5.28. The molecule has 1 unspecified atom stereocenters. The van der Waals surface area contributed by atoms with Crippen LogP contribution < -0.4 is 0 Å². The lowest BCUT2D eigenvalue weighted by molar-refractivity contribution is -0.267. The summed E-state index contributed by atoms with van der Waals surface area (Å²) >= 11 is 0. The van der Waals surface area contributed by atoms with Gasteiger partial charge in [0.1, 0.15) is 6.10 Å². The zero-order valence-corrected chi connectivity index (χ0v) is 9.41. The number of epoxide rings is 1. The summed E-state index contributed by atoms with van der Waals surface area (Å²) in [4.78, 5) is 0. The van der Waals surface area contributed by atoms with Gasteiger partial charge in [-0.05, 0) is 0 Å². The molecule has 2 aliphatic rings. The van der Waals surface area contributed by atoms with Crippen LogP contribution in [0.15, 0.2) is 0 Å². The van der Waals surface area contributed by atoms with Gasteiger partial charge in [-0.15, -0.1) is 0 Å². The van der Waals surface area contributed by atoms with Crippen molar-refractivity contribution in [3.63, 3.8) is 0 Å². The fourth-order valence-corrected chi connectivity index (χ4v) is 2.91. The molecule has 1 N–H and O–H groups in total. The molecule has 1 aliphatic heterocycles. The predicted octanol–water partition coefficient (Wildman–Crippen LogP) is 1.20. The minimum atomic E-state index is -0.278. The lowest BCUT2D eigenvalue weighted by atomic mass is 9.51. The van der Waals surface area contributed by atoms with E-state index < -0.39 is 0 Å². The maximum atomic E-state index is 9.94. The van der Waals surface area contributed by atoms with Gasteiger partial charge in [0, 0.05) is 10.8 Å². The molecule has 1 atom stereocenters. The molecule has 3 nitrogen and oxygen atoms in total. The molecule has 1 saturated carbocycles. The van der Waals surface area contributed by atoms with Gasteiger partial charge in [0.15, 0.2) is 0 Å². The predicted molar refractivity (Wildman–Crippen MR) is 53.0 cm³/mol. The number of rotatable bonds is 3. The first-order valence-electron chi connectivity index (χ1n) is 5.28. The van der Waals surface area contributed by atoms with Crippen LogP contribution in [0.2, 0.25) is 0 Å². The van der Waals surface area contributed by atoms with E-state index in [0.29, 0.717) is 12.7 Å². The van der Waals surface area contributed by atoms with E-state index in [1.807, 2.05) is 0 Å². The molecule has 1 heterocycles. The van der Waals surface area contributed by atoms with E-state index in [-0.39, 0.29) is 23.0 Å². The van der Waals surface area contributed by atoms with Crippen molar-refractivity contribution in [2.75, 3.05) is 13.2 Å². The standard InChI is InChI=1S/C11H20O3/c1-10(2)8(12)11(3,4)9(10)14-6-7-5-13-7/h7-9,12H,5-6H2,1-4H3. The van der Waals surface area contributed by atoms with Crippen molar-refractivity contribution in [3.8, 4) is 0 Å². The summed E-state index contributed by atoms with van der Waals surface area (Å²) in [6.07, 6.45) is 0.161. The number of hydrogen-bond acceptors (Lipinski definition) is 3. The Kier molecular flexibility index (Phi) is 2.18. The molecule has 2 rings (SSSR count). The Labute approximate surface area is 85.4 Å². The van der Waals surface area contributed by atoms with Gasteiger partial charge in [0.05, 0.1) is 25.4 Å². The minimum absolute atomic E-state index is 0.127. The van der Waals surface area contributed by atoms with E-state index in [4.69, 9.17) is 9.47 Å². The third-order valence-electron chi connectivity index (χ3n) is 3.61. The van der Waals surface area contributed by atoms with Gasteiger partial charge in [-0.1, -0.05) is 27.7 Å². The van der Waals surface area contributed by atoms with Crippen LogP contribution in [-0.2, 0) is 9.47 Å². The molecular formula is C11H20O3. The third kappa shape index (κ3) is 1.38. The zero-order valence-electron chi connectivity index (χ0n) is 9.41. The highest BCUT2D eigenvalue weighted by molar-refractivity contribution is 5.11. The molecule has 0 aromatic carbocycles. The van der Waals surface area contributed by atoms with Gasteiger partial charge in [-0.25, -0.2) is 0 Å². The average Bonchev–Trinajstić information content (AvgIpc) is 2.86. The monoisotopic (exact) mass is 200 g/mol. The van der Waals surface area contributed by atoms with E-state index in [1.165, 1.54) is 0 Å². The van der Waals surface area contributed by atoms with Crippen LogP contribution in [0.4, 0.5) is 0 Å². The maximum Gasteiger partial charge on any atom is 0.104 e. The van der Waals surface area contributed by atoms with Crippen LogP contribution in [-0.4, -0.2) is 36.6 Å². The van der Waals surface area contributed by atoms with Crippen molar-refractivity contribution < 1.29 is 14.6 Å². The summed E-state index contributed by atoms with van der Waals surface area (Å²) in [5.74, 6) is 0. The topological polar surface area (TPSA) is 42.0 Å². The molecule has 0 aromatic heterocycles. The SMILES string of the molecule is CC1(C)C(O)C(C)(C)C1OCC1CO1. The molecule has 1 saturated heterocycles. The molecule has 0 aromatic rings. The van der Waals surface area contributed by atoms with Crippen molar-refractivity contribution in [1.82, 2.24) is 0 Å². The highest BCUT2D eigenvalue weighted by atomic mass is 16.6. The van der Waals surface area contributed by atoms with Crippen molar-refractivity contribution in [3.05, 3.63) is 0 Å². The number of hydrogen-bond donors (Lipinski definition) is 1. The first-order chi connectivity index (χ1) is 6.37. The Balaban J connectivity index is 1.94. The van der Waals surface area contributed by atoms with Crippen LogP contribution in [0.3, 0.4) is 0 Å². The normalized spacial score (nSPS) is 43.1. The first kappa shape index (κ1) is 10.4. The van der Waals surface area contributed by atoms with Crippen molar-refractivity contribution in [2.24, 2.45) is 10.8 Å². The van der Waals surface area contributed by atoms with Crippen LogP contribution in [0.5, 0.6) is 0 Å². The van der Waals surface area contributed by atoms with E-state index in [2.05, 4.69) is 27.7 Å². The Morgan fingerprint density at radius 2 is 1.79 bits per heavy atom. The van der Waals surface area contributed by atoms with Gasteiger partial charge < -0.3 is 14.6 Å². The van der Waals surface area contributed by atoms with Gasteiger partial charge in [-0.3, -0.25) is 0 Å². The van der Waals surface area contributed by atoms with Gasteiger partial charge in [0.25, 0.3) is 0 Å². The maximum absolute atomic E-state index is 9.94. The second kappa shape index (κ2) is 2.94. The molecular weight excluding hydrogens is 180 g/mol. The fourth-order valence-electron chi connectivity index (χ4n) is 2.91. The number of ether oxygens (including phenoxy) is 2. The molecule has 0 spiro atoms. The summed E-state index contributed by atoms with van der Waals surface area (Å²) < 4.78 is 10.9. The summed E-state index contributed by atoms with van der Waals surface area (Å²) in [5.41, 5.74) is -0.253. The summed E-state index contributed by atoms with van der Waals surface area (Å²) in [5, 5.41) is 9.94. The quantitative estimate of drug-likeness (QED) is 0.696. The molecule has 2 fully saturated rings. The second-order valence-electron chi connectivity index (χ2n) is 5.71. The number of aliphatic hydroxyl groups is 1. The van der Waals surface area contributed by atoms with E-state index in [1.54, 1.807) is 0 Å². The molecule has 0 bridgehead atoms. The van der Waals surface area contributed by atoms with Crippen LogP contribution >= 0.6 is 0 Å². The van der Waals surface area contributed by atoms with Crippen molar-refractivity contribution in [1.29, 1.82) is 0 Å². The zero-order chi connectivity index (χ0) is 10.6. The van der Waals surface area contributed by atoms with E-state index in [0.717, 1.165) is 6.61 Å². The average molecular weight is 200 g/mol. The van der Waals surface area contributed by atoms with Crippen LogP contribution in [0, 0.1) is 10.8 Å². The van der Waals surface area contributed by atoms with Gasteiger partial charge in [-0.2, -0.15) is 0 Å². The van der Waals surface area contributed by atoms with Crippen molar-refractivity contribution in [2.45, 2.75) is 46.0 Å². The van der Waals surface area contributed by atoms with E-state index in [9.17, 15) is 5.11 Å². The summed E-state index contributed by atoms with van der Waals surface area (Å²) in [7, 11) is 0. The van der Waals surface area contributed by atoms with E-state index >= 15 is 0 Å². The molecule has 0 radical (unpaired) electrons. The fraction of sp³-hybridized carbons (Fsp3) is 1.00. The minimum Gasteiger partial charge on any atom is -0.392 e. The molecule has 1 aliphatic carbocycles. The Morgan fingerprint density at radius 3 is 2.21 bits per heavy atom. The molecule has 14 heavy (non-hydrogen) atoms. The Bertz CT molecular complexity index is 215. The van der Waals surface area contributed by atoms with Gasteiger partial charge in [0.2, 0.25) is 0 Å². The lowest BCUT2D eigenvalue weighted by Gasteiger charge is -2.61. The van der Waals surface area contributed by atoms with Crippen LogP contribution in [0.25, 0.3) is 0 Å². The second-order valence-corrected chi connectivity index (χ2v) is 5.71. The smallest absolute Gasteiger partial charge is 0.104 e. The van der Waals surface area contributed by atoms with Crippen LogP contribution in [0.1, 0.15) is 27.7 Å². The molecule has 3 heteroatoms. The van der Waals surface area contributed by atoms with Crippen molar-refractivity contribution >= 4 is 0 Å². The third-order valence-corrected chi connectivity index (χ3v) is 3.61. The molecule has 82 valence electrons. The number of aliphatic hydroxyl groups excluding tert-OH is 1. The largest absolute Gasteiger partial charge is 0.392 e. The van der Waals surface area contributed by atoms with Gasteiger partial charge >= 0.3 is 0 Å². The molecule has 0 amide bonds. The lowest BCUT2D eigenvalue weighted by Crippen LogP contribution is -2.68. The summed E-state index contributed by atoms with van der Waals surface area (Å²) in [6.45, 7) is 9.73. The highest BCUT2D eigenvalue weighted by Gasteiger charge is 2.62. The Morgan fingerprint density at radius 1 is 1.29 bits per heavy atom. The Hall–Kier alpha value is -0.120.